The summed E-state index contributed by atoms with van der Waals surface area (Å²) >= 11 is 1.61. The predicted octanol–water partition coefficient (Wildman–Crippen LogP) is 5.08. The minimum Gasteiger partial charge on any atom is -0.322 e. The van der Waals surface area contributed by atoms with Gasteiger partial charge in [0, 0.05) is 29.4 Å². The normalized spacial score (nSPS) is 11.4. The lowest BCUT2D eigenvalue weighted by atomic mass is 10.0. The molecule has 29 heavy (non-hydrogen) atoms. The zero-order valence-corrected chi connectivity index (χ0v) is 18.0. The molecule has 0 saturated carbocycles. The molecule has 0 unspecified atom stereocenters. The van der Waals surface area contributed by atoms with E-state index < -0.39 is 0 Å². The van der Waals surface area contributed by atoms with E-state index in [4.69, 9.17) is 4.98 Å². The number of nitrogens with one attached hydrogen (secondary N) is 1. The first-order valence-electron chi connectivity index (χ1n) is 9.51. The molecule has 0 radical (unpaired) electrons. The zero-order valence-electron chi connectivity index (χ0n) is 17.1. The van der Waals surface area contributed by atoms with E-state index in [9.17, 15) is 4.79 Å². The molecule has 0 spiro atoms. The first-order valence-corrected chi connectivity index (χ1v) is 10.4. The van der Waals surface area contributed by atoms with E-state index >= 15 is 0 Å². The van der Waals surface area contributed by atoms with Crippen molar-refractivity contribution in [1.82, 2.24) is 19.7 Å². The van der Waals surface area contributed by atoms with Crippen LogP contribution < -0.4 is 5.32 Å². The van der Waals surface area contributed by atoms with Gasteiger partial charge in [-0.3, -0.25) is 9.48 Å². The number of carbonyl (C=O) groups excluding carboxylic acids is 1. The lowest BCUT2D eigenvalue weighted by Crippen LogP contribution is -2.14. The first-order chi connectivity index (χ1) is 13.8. The molecular formula is C22H23N5OS. The average molecular weight is 406 g/mol. The summed E-state index contributed by atoms with van der Waals surface area (Å²) in [5.41, 5.74) is 5.62. The molecule has 148 valence electrons. The molecule has 6 nitrogen and oxygen atoms in total. The molecule has 0 aliphatic heterocycles. The maximum absolute atomic E-state index is 13.2. The number of hydrogen-bond donors (Lipinski definition) is 1. The summed E-state index contributed by atoms with van der Waals surface area (Å²) in [6.07, 6.45) is 0. The maximum Gasteiger partial charge on any atom is 0.256 e. The van der Waals surface area contributed by atoms with Crippen LogP contribution in [0.15, 0.2) is 35.7 Å². The first kappa shape index (κ1) is 19.3. The number of nitrogens with zero attached hydrogens (tertiary/aromatic N) is 4. The van der Waals surface area contributed by atoms with E-state index in [1.165, 1.54) is 0 Å². The van der Waals surface area contributed by atoms with Crippen LogP contribution >= 0.6 is 11.3 Å². The molecule has 0 aliphatic rings. The molecule has 0 saturated heterocycles. The van der Waals surface area contributed by atoms with Crippen molar-refractivity contribution in [3.63, 3.8) is 0 Å². The van der Waals surface area contributed by atoms with Crippen LogP contribution in [0.4, 0.5) is 5.69 Å². The SMILES string of the molecule is Cc1nc(-c2cccc(NC(=O)c3cc(C(C)C)nc4c3c(C)nn4C)c2)cs1. The van der Waals surface area contributed by atoms with Crippen LogP contribution in [-0.4, -0.2) is 25.7 Å². The van der Waals surface area contributed by atoms with Gasteiger partial charge in [-0.05, 0) is 38.0 Å². The summed E-state index contributed by atoms with van der Waals surface area (Å²) in [5, 5.41) is 11.3. The molecule has 0 bridgehead atoms. The van der Waals surface area contributed by atoms with E-state index in [1.807, 2.05) is 56.6 Å². The molecule has 1 N–H and O–H groups in total. The van der Waals surface area contributed by atoms with Gasteiger partial charge in [0.2, 0.25) is 0 Å². The number of pyridine rings is 1. The van der Waals surface area contributed by atoms with Gasteiger partial charge in [-0.15, -0.1) is 11.3 Å². The fraction of sp³-hybridized carbons (Fsp3) is 0.273. The van der Waals surface area contributed by atoms with Crippen LogP contribution in [0.5, 0.6) is 0 Å². The highest BCUT2D eigenvalue weighted by atomic mass is 32.1. The van der Waals surface area contributed by atoms with Crippen LogP contribution in [0.25, 0.3) is 22.3 Å². The Labute approximate surface area is 173 Å². The van der Waals surface area contributed by atoms with Gasteiger partial charge in [0.15, 0.2) is 5.65 Å². The van der Waals surface area contributed by atoms with Crippen molar-refractivity contribution in [3.05, 3.63) is 57.7 Å². The highest BCUT2D eigenvalue weighted by Gasteiger charge is 2.20. The summed E-state index contributed by atoms with van der Waals surface area (Å²) in [6, 6.07) is 9.64. The van der Waals surface area contributed by atoms with Gasteiger partial charge in [0.25, 0.3) is 5.91 Å². The number of anilines is 1. The fourth-order valence-corrected chi connectivity index (χ4v) is 4.01. The van der Waals surface area contributed by atoms with Gasteiger partial charge in [0.05, 0.1) is 27.3 Å². The lowest BCUT2D eigenvalue weighted by molar-refractivity contribution is 0.102. The molecule has 0 fully saturated rings. The Morgan fingerprint density at radius 2 is 1.97 bits per heavy atom. The van der Waals surface area contributed by atoms with Gasteiger partial charge in [-0.25, -0.2) is 9.97 Å². The third-order valence-electron chi connectivity index (χ3n) is 4.86. The topological polar surface area (TPSA) is 72.7 Å². The Morgan fingerprint density at radius 1 is 1.17 bits per heavy atom. The van der Waals surface area contributed by atoms with E-state index in [1.54, 1.807) is 16.0 Å². The van der Waals surface area contributed by atoms with E-state index in [2.05, 4.69) is 29.2 Å². The van der Waals surface area contributed by atoms with Crippen molar-refractivity contribution in [3.8, 4) is 11.3 Å². The number of aromatic nitrogens is 4. The number of rotatable bonds is 4. The number of aryl methyl sites for hydroxylation is 3. The zero-order chi connectivity index (χ0) is 20.7. The second kappa shape index (κ2) is 7.40. The lowest BCUT2D eigenvalue weighted by Gasteiger charge is -2.11. The standard InChI is InChI=1S/C22H23N5OS/c1-12(2)18-10-17(20-13(3)26-27(5)21(20)25-18)22(28)24-16-8-6-7-15(9-16)19-11-29-14(4)23-19/h6-12H,1-5H3,(H,24,28). The summed E-state index contributed by atoms with van der Waals surface area (Å²) < 4.78 is 1.73. The molecular weight excluding hydrogens is 382 g/mol. The van der Waals surface area contributed by atoms with Gasteiger partial charge >= 0.3 is 0 Å². The average Bonchev–Trinajstić information content (AvgIpc) is 3.24. The van der Waals surface area contributed by atoms with Crippen molar-refractivity contribution >= 4 is 34.0 Å². The molecule has 4 aromatic rings. The van der Waals surface area contributed by atoms with Crippen molar-refractivity contribution in [2.45, 2.75) is 33.6 Å². The van der Waals surface area contributed by atoms with Gasteiger partial charge in [-0.1, -0.05) is 26.0 Å². The number of carbonyl (C=O) groups is 1. The largest absolute Gasteiger partial charge is 0.322 e. The number of hydrogen-bond acceptors (Lipinski definition) is 5. The Kier molecular flexibility index (Phi) is 4.92. The van der Waals surface area contributed by atoms with Crippen molar-refractivity contribution in [2.75, 3.05) is 5.32 Å². The minimum atomic E-state index is -0.165. The second-order valence-corrected chi connectivity index (χ2v) is 8.51. The fourth-order valence-electron chi connectivity index (χ4n) is 3.39. The molecule has 4 rings (SSSR count). The molecule has 1 aromatic carbocycles. The van der Waals surface area contributed by atoms with Crippen molar-refractivity contribution in [2.24, 2.45) is 7.05 Å². The Hall–Kier alpha value is -3.06. The maximum atomic E-state index is 13.2. The summed E-state index contributed by atoms with van der Waals surface area (Å²) in [5.74, 6) is 0.0411. The quantitative estimate of drug-likeness (QED) is 0.514. The molecule has 3 aromatic heterocycles. The molecule has 0 atom stereocenters. The van der Waals surface area contributed by atoms with Crippen molar-refractivity contribution in [1.29, 1.82) is 0 Å². The highest BCUT2D eigenvalue weighted by Crippen LogP contribution is 2.27. The highest BCUT2D eigenvalue weighted by molar-refractivity contribution is 7.09. The van der Waals surface area contributed by atoms with Crippen LogP contribution in [0, 0.1) is 13.8 Å². The molecule has 7 heteroatoms. The van der Waals surface area contributed by atoms with E-state index in [0.29, 0.717) is 5.56 Å². The second-order valence-electron chi connectivity index (χ2n) is 7.44. The number of benzene rings is 1. The summed E-state index contributed by atoms with van der Waals surface area (Å²) in [6.45, 7) is 8.02. The number of amides is 1. The van der Waals surface area contributed by atoms with Gasteiger partial charge < -0.3 is 5.32 Å². The van der Waals surface area contributed by atoms with Crippen LogP contribution in [0.3, 0.4) is 0 Å². The van der Waals surface area contributed by atoms with Crippen LogP contribution in [0.1, 0.15) is 46.5 Å². The van der Waals surface area contributed by atoms with E-state index in [-0.39, 0.29) is 11.8 Å². The van der Waals surface area contributed by atoms with Gasteiger partial charge in [0.1, 0.15) is 0 Å². The molecule has 0 aliphatic carbocycles. The van der Waals surface area contributed by atoms with Gasteiger partial charge in [-0.2, -0.15) is 5.10 Å². The third-order valence-corrected chi connectivity index (χ3v) is 5.63. The monoisotopic (exact) mass is 405 g/mol. The Morgan fingerprint density at radius 3 is 2.66 bits per heavy atom. The Bertz CT molecular complexity index is 1220. The van der Waals surface area contributed by atoms with Crippen LogP contribution in [-0.2, 0) is 7.05 Å². The smallest absolute Gasteiger partial charge is 0.256 e. The van der Waals surface area contributed by atoms with E-state index in [0.717, 1.165) is 44.4 Å². The Balaban J connectivity index is 1.73. The summed E-state index contributed by atoms with van der Waals surface area (Å²) in [7, 11) is 1.85. The summed E-state index contributed by atoms with van der Waals surface area (Å²) in [4.78, 5) is 22.5. The molecule has 1 amide bonds. The van der Waals surface area contributed by atoms with Crippen molar-refractivity contribution < 1.29 is 4.79 Å². The third kappa shape index (κ3) is 3.65. The molecule has 3 heterocycles. The predicted molar refractivity (Wildman–Crippen MR) is 118 cm³/mol. The number of fused-ring (bicyclic) bond motifs is 1. The minimum absolute atomic E-state index is 0.165. The number of thiazole rings is 1. The van der Waals surface area contributed by atoms with Crippen LogP contribution in [0.2, 0.25) is 0 Å².